The summed E-state index contributed by atoms with van der Waals surface area (Å²) in [6.07, 6.45) is 5.22. The first-order valence-corrected chi connectivity index (χ1v) is 6.34. The average Bonchev–Trinajstić information content (AvgIpc) is 2.68. The minimum Gasteiger partial charge on any atom is -0.465 e. The Kier molecular flexibility index (Phi) is 3.55. The summed E-state index contributed by atoms with van der Waals surface area (Å²) in [7, 11) is 1.39. The number of nitrogens with zero attached hydrogens (tertiary/aromatic N) is 1. The molecule has 1 aliphatic rings. The molecule has 18 heavy (non-hydrogen) atoms. The number of esters is 1. The number of ether oxygens (including phenoxy) is 1. The van der Waals surface area contributed by atoms with Crippen LogP contribution in [-0.4, -0.2) is 24.1 Å². The van der Waals surface area contributed by atoms with E-state index in [-0.39, 0.29) is 11.4 Å². The normalized spacial score (nSPS) is 21.6. The van der Waals surface area contributed by atoms with Gasteiger partial charge in [0.15, 0.2) is 0 Å². The lowest BCUT2D eigenvalue weighted by Gasteiger charge is -2.28. The average molecular weight is 248 g/mol. The second-order valence-corrected chi connectivity index (χ2v) is 5.47. The number of methoxy groups -OCH3 is 1. The lowest BCUT2D eigenvalue weighted by molar-refractivity contribution is 0.0601. The molecule has 1 unspecified atom stereocenters. The van der Waals surface area contributed by atoms with E-state index >= 15 is 0 Å². The number of carbonyl (C=O) groups excluding carboxylic acids is 1. The van der Waals surface area contributed by atoms with Crippen molar-refractivity contribution in [2.45, 2.75) is 39.2 Å². The van der Waals surface area contributed by atoms with E-state index in [0.29, 0.717) is 17.4 Å². The molecule has 1 heterocycles. The molecule has 0 spiro atoms. The Labute approximate surface area is 108 Å². The zero-order chi connectivity index (χ0) is 13.2. The molecule has 4 nitrogen and oxygen atoms in total. The highest BCUT2D eigenvalue weighted by Gasteiger charge is 2.35. The summed E-state index contributed by atoms with van der Waals surface area (Å²) in [5.74, 6) is 0.283. The second-order valence-electron chi connectivity index (χ2n) is 5.47. The Bertz CT molecular complexity index is 443. The molecule has 98 valence electrons. The lowest BCUT2D eigenvalue weighted by atomic mass is 9.87. The number of nitrogens with one attached hydrogen (secondary N) is 1. The quantitative estimate of drug-likeness (QED) is 0.836. The van der Waals surface area contributed by atoms with E-state index in [0.717, 1.165) is 6.42 Å². The highest BCUT2D eigenvalue weighted by Crippen LogP contribution is 2.39. The fourth-order valence-electron chi connectivity index (χ4n) is 2.55. The first-order valence-electron chi connectivity index (χ1n) is 6.34. The SMILES string of the molecule is COC(=O)c1cccnc1NC1CCCC1(C)C. The summed E-state index contributed by atoms with van der Waals surface area (Å²) in [6.45, 7) is 4.50. The van der Waals surface area contributed by atoms with E-state index in [4.69, 9.17) is 4.74 Å². The monoisotopic (exact) mass is 248 g/mol. The number of hydrogen-bond donors (Lipinski definition) is 1. The van der Waals surface area contributed by atoms with Gasteiger partial charge in [0.05, 0.1) is 7.11 Å². The van der Waals surface area contributed by atoms with Crippen LogP contribution >= 0.6 is 0 Å². The highest BCUT2D eigenvalue weighted by atomic mass is 16.5. The van der Waals surface area contributed by atoms with Crippen LogP contribution in [0.2, 0.25) is 0 Å². The van der Waals surface area contributed by atoms with Crippen molar-refractivity contribution in [3.05, 3.63) is 23.9 Å². The Balaban J connectivity index is 2.21. The molecular formula is C14H20N2O2. The lowest BCUT2D eigenvalue weighted by Crippen LogP contribution is -2.31. The minimum atomic E-state index is -0.346. The molecule has 0 saturated heterocycles. The molecule has 1 aliphatic carbocycles. The van der Waals surface area contributed by atoms with E-state index in [1.807, 2.05) is 0 Å². The van der Waals surface area contributed by atoms with E-state index in [1.54, 1.807) is 18.3 Å². The van der Waals surface area contributed by atoms with Crippen LogP contribution in [0.1, 0.15) is 43.5 Å². The van der Waals surface area contributed by atoms with Crippen molar-refractivity contribution in [1.29, 1.82) is 0 Å². The molecule has 4 heteroatoms. The van der Waals surface area contributed by atoms with Gasteiger partial charge >= 0.3 is 5.97 Å². The van der Waals surface area contributed by atoms with Gasteiger partial charge in [-0.1, -0.05) is 20.3 Å². The van der Waals surface area contributed by atoms with Crippen molar-refractivity contribution in [3.8, 4) is 0 Å². The van der Waals surface area contributed by atoms with E-state index in [9.17, 15) is 4.79 Å². The van der Waals surface area contributed by atoms with Crippen molar-refractivity contribution in [3.63, 3.8) is 0 Å². The van der Waals surface area contributed by atoms with Crippen LogP contribution in [-0.2, 0) is 4.74 Å². The van der Waals surface area contributed by atoms with Gasteiger partial charge in [-0.05, 0) is 30.4 Å². The number of rotatable bonds is 3. The molecule has 1 aromatic heterocycles. The summed E-state index contributed by atoms with van der Waals surface area (Å²) in [5, 5.41) is 3.40. The Morgan fingerprint density at radius 3 is 2.94 bits per heavy atom. The van der Waals surface area contributed by atoms with Crippen LogP contribution in [0.4, 0.5) is 5.82 Å². The van der Waals surface area contributed by atoms with Crippen molar-refractivity contribution in [2.24, 2.45) is 5.41 Å². The van der Waals surface area contributed by atoms with Crippen molar-refractivity contribution >= 4 is 11.8 Å². The standard InChI is InChI=1S/C14H20N2O2/c1-14(2)8-4-7-11(14)16-12-10(13(17)18-3)6-5-9-15-12/h5-6,9,11H,4,7-8H2,1-3H3,(H,15,16). The van der Waals surface area contributed by atoms with E-state index < -0.39 is 0 Å². The van der Waals surface area contributed by atoms with Gasteiger partial charge in [-0.15, -0.1) is 0 Å². The summed E-state index contributed by atoms with van der Waals surface area (Å²) < 4.78 is 4.77. The maximum absolute atomic E-state index is 11.7. The Hall–Kier alpha value is -1.58. The molecule has 1 aromatic rings. The van der Waals surface area contributed by atoms with Crippen molar-refractivity contribution in [1.82, 2.24) is 4.98 Å². The van der Waals surface area contributed by atoms with Gasteiger partial charge in [0.2, 0.25) is 0 Å². The van der Waals surface area contributed by atoms with Gasteiger partial charge in [-0.25, -0.2) is 9.78 Å². The zero-order valence-corrected chi connectivity index (χ0v) is 11.2. The van der Waals surface area contributed by atoms with Crippen LogP contribution in [0.25, 0.3) is 0 Å². The van der Waals surface area contributed by atoms with Gasteiger partial charge in [0.1, 0.15) is 11.4 Å². The van der Waals surface area contributed by atoms with Crippen LogP contribution < -0.4 is 5.32 Å². The largest absolute Gasteiger partial charge is 0.465 e. The number of anilines is 1. The zero-order valence-electron chi connectivity index (χ0n) is 11.2. The minimum absolute atomic E-state index is 0.241. The molecule has 0 aliphatic heterocycles. The molecule has 1 N–H and O–H groups in total. The molecule has 2 rings (SSSR count). The van der Waals surface area contributed by atoms with E-state index in [2.05, 4.69) is 24.1 Å². The predicted octanol–water partition coefficient (Wildman–Crippen LogP) is 2.86. The fraction of sp³-hybridized carbons (Fsp3) is 0.571. The van der Waals surface area contributed by atoms with Gasteiger partial charge in [-0.3, -0.25) is 0 Å². The number of aromatic nitrogens is 1. The molecule has 0 amide bonds. The summed E-state index contributed by atoms with van der Waals surface area (Å²) >= 11 is 0. The summed E-state index contributed by atoms with van der Waals surface area (Å²) in [6, 6.07) is 3.84. The van der Waals surface area contributed by atoms with Crippen molar-refractivity contribution < 1.29 is 9.53 Å². The van der Waals surface area contributed by atoms with Crippen molar-refractivity contribution in [2.75, 3.05) is 12.4 Å². The first-order chi connectivity index (χ1) is 8.54. The second kappa shape index (κ2) is 4.96. The fourth-order valence-corrected chi connectivity index (χ4v) is 2.55. The third-order valence-corrected chi connectivity index (χ3v) is 3.78. The van der Waals surface area contributed by atoms with Gasteiger partial charge < -0.3 is 10.1 Å². The third kappa shape index (κ3) is 2.47. The molecule has 1 saturated carbocycles. The molecule has 0 aromatic carbocycles. The maximum atomic E-state index is 11.7. The highest BCUT2D eigenvalue weighted by molar-refractivity contribution is 5.94. The number of pyridine rings is 1. The molecule has 1 atom stereocenters. The van der Waals surface area contributed by atoms with Gasteiger partial charge in [0.25, 0.3) is 0 Å². The molecule has 0 bridgehead atoms. The van der Waals surface area contributed by atoms with Crippen LogP contribution in [0.5, 0.6) is 0 Å². The van der Waals surface area contributed by atoms with Crippen LogP contribution in [0.15, 0.2) is 18.3 Å². The summed E-state index contributed by atoms with van der Waals surface area (Å²) in [4.78, 5) is 15.9. The maximum Gasteiger partial charge on any atom is 0.341 e. The van der Waals surface area contributed by atoms with Crippen LogP contribution in [0.3, 0.4) is 0 Å². The third-order valence-electron chi connectivity index (χ3n) is 3.78. The molecular weight excluding hydrogens is 228 g/mol. The Morgan fingerprint density at radius 2 is 2.33 bits per heavy atom. The predicted molar refractivity (Wildman–Crippen MR) is 70.6 cm³/mol. The first kappa shape index (κ1) is 12.9. The van der Waals surface area contributed by atoms with Gasteiger partial charge in [0, 0.05) is 12.2 Å². The molecule has 1 fully saturated rings. The van der Waals surface area contributed by atoms with E-state index in [1.165, 1.54) is 20.0 Å². The summed E-state index contributed by atoms with van der Waals surface area (Å²) in [5.41, 5.74) is 0.743. The molecule has 0 radical (unpaired) electrons. The number of carbonyl (C=O) groups is 1. The number of hydrogen-bond acceptors (Lipinski definition) is 4. The van der Waals surface area contributed by atoms with Gasteiger partial charge in [-0.2, -0.15) is 0 Å². The Morgan fingerprint density at radius 1 is 1.56 bits per heavy atom. The smallest absolute Gasteiger partial charge is 0.341 e. The van der Waals surface area contributed by atoms with Crippen LogP contribution in [0, 0.1) is 5.41 Å². The topological polar surface area (TPSA) is 51.2 Å².